The molecule has 27 heavy (non-hydrogen) atoms. The summed E-state index contributed by atoms with van der Waals surface area (Å²) in [6.07, 6.45) is 0.965. The Morgan fingerprint density at radius 3 is 2.37 bits per heavy atom. The van der Waals surface area contributed by atoms with Crippen molar-refractivity contribution in [2.45, 2.75) is 39.0 Å². The molecule has 0 aromatic heterocycles. The average Bonchev–Trinajstić information content (AvgIpc) is 2.64. The van der Waals surface area contributed by atoms with E-state index in [2.05, 4.69) is 43.5 Å². The molecule has 0 atom stereocenters. The van der Waals surface area contributed by atoms with Crippen LogP contribution in [0, 0.1) is 0 Å². The third-order valence-corrected chi connectivity index (χ3v) is 4.17. The number of benzene rings is 2. The van der Waals surface area contributed by atoms with Crippen LogP contribution in [0.2, 0.25) is 0 Å². The van der Waals surface area contributed by atoms with Gasteiger partial charge in [0.05, 0.1) is 6.61 Å². The summed E-state index contributed by atoms with van der Waals surface area (Å²) in [7, 11) is 1.57. The molecule has 0 heterocycles. The Hall–Kier alpha value is -2.82. The van der Waals surface area contributed by atoms with E-state index in [0.29, 0.717) is 30.7 Å². The number of hydrogen-bond acceptors (Lipinski definition) is 3. The predicted molar refractivity (Wildman–Crippen MR) is 108 cm³/mol. The standard InChI is InChI=1S/C22H28N2O3/c1-22(2,3)17-10-12-19(13-11-17)27-14-6-9-20(25)24-18-8-5-7-16(15-18)21(26)23-4/h5,7-8,10-13,15H,6,9,14H2,1-4H3,(H,23,26)(H,24,25). The van der Waals surface area contributed by atoms with Crippen molar-refractivity contribution in [2.75, 3.05) is 19.0 Å². The van der Waals surface area contributed by atoms with Crippen LogP contribution in [0.25, 0.3) is 0 Å². The Labute approximate surface area is 161 Å². The summed E-state index contributed by atoms with van der Waals surface area (Å²) in [5.74, 6) is 0.523. The van der Waals surface area contributed by atoms with Gasteiger partial charge in [-0.3, -0.25) is 9.59 Å². The fraction of sp³-hybridized carbons (Fsp3) is 0.364. The average molecular weight is 368 g/mol. The highest BCUT2D eigenvalue weighted by Crippen LogP contribution is 2.24. The van der Waals surface area contributed by atoms with Crippen LogP contribution < -0.4 is 15.4 Å². The lowest BCUT2D eigenvalue weighted by molar-refractivity contribution is -0.116. The fourth-order valence-corrected chi connectivity index (χ4v) is 2.58. The summed E-state index contributed by atoms with van der Waals surface area (Å²) in [5.41, 5.74) is 2.50. The van der Waals surface area contributed by atoms with Crippen LogP contribution in [0.15, 0.2) is 48.5 Å². The van der Waals surface area contributed by atoms with E-state index in [4.69, 9.17) is 4.74 Å². The Morgan fingerprint density at radius 1 is 1.04 bits per heavy atom. The second-order valence-electron chi connectivity index (χ2n) is 7.43. The molecule has 0 saturated heterocycles. The molecule has 0 saturated carbocycles. The van der Waals surface area contributed by atoms with E-state index in [1.807, 2.05) is 12.1 Å². The van der Waals surface area contributed by atoms with Gasteiger partial charge in [0, 0.05) is 24.7 Å². The van der Waals surface area contributed by atoms with E-state index in [-0.39, 0.29) is 17.2 Å². The van der Waals surface area contributed by atoms with Gasteiger partial charge in [0.25, 0.3) is 5.91 Å². The van der Waals surface area contributed by atoms with Crippen LogP contribution in [0.1, 0.15) is 49.5 Å². The fourth-order valence-electron chi connectivity index (χ4n) is 2.58. The number of anilines is 1. The first-order chi connectivity index (χ1) is 12.8. The van der Waals surface area contributed by atoms with Gasteiger partial charge in [-0.05, 0) is 47.7 Å². The van der Waals surface area contributed by atoms with Crippen molar-refractivity contribution >= 4 is 17.5 Å². The lowest BCUT2D eigenvalue weighted by Crippen LogP contribution is -2.18. The Morgan fingerprint density at radius 2 is 1.74 bits per heavy atom. The number of ether oxygens (including phenoxy) is 1. The summed E-state index contributed by atoms with van der Waals surface area (Å²) in [6, 6.07) is 14.9. The molecule has 0 radical (unpaired) electrons. The maximum absolute atomic E-state index is 12.1. The van der Waals surface area contributed by atoms with Gasteiger partial charge in [0.1, 0.15) is 5.75 Å². The lowest BCUT2D eigenvalue weighted by Gasteiger charge is -2.19. The summed E-state index contributed by atoms with van der Waals surface area (Å²) in [4.78, 5) is 23.7. The molecule has 5 heteroatoms. The van der Waals surface area contributed by atoms with Gasteiger partial charge in [0.15, 0.2) is 0 Å². The molecule has 0 unspecified atom stereocenters. The first-order valence-electron chi connectivity index (χ1n) is 9.15. The summed E-state index contributed by atoms with van der Waals surface area (Å²) >= 11 is 0. The van der Waals surface area contributed by atoms with Crippen molar-refractivity contribution < 1.29 is 14.3 Å². The zero-order valence-electron chi connectivity index (χ0n) is 16.5. The summed E-state index contributed by atoms with van der Waals surface area (Å²) < 4.78 is 5.71. The molecule has 2 N–H and O–H groups in total. The summed E-state index contributed by atoms with van der Waals surface area (Å²) in [6.45, 7) is 6.99. The number of hydrogen-bond donors (Lipinski definition) is 2. The smallest absolute Gasteiger partial charge is 0.251 e. The second-order valence-corrected chi connectivity index (χ2v) is 7.43. The molecule has 0 aliphatic rings. The molecule has 5 nitrogen and oxygen atoms in total. The van der Waals surface area contributed by atoms with Gasteiger partial charge >= 0.3 is 0 Å². The Balaban J connectivity index is 1.76. The molecule has 0 bridgehead atoms. The van der Waals surface area contributed by atoms with E-state index in [9.17, 15) is 9.59 Å². The number of carbonyl (C=O) groups is 2. The molecule has 2 amide bonds. The van der Waals surface area contributed by atoms with Gasteiger partial charge in [-0.2, -0.15) is 0 Å². The van der Waals surface area contributed by atoms with Crippen LogP contribution in [0.5, 0.6) is 5.75 Å². The quantitative estimate of drug-likeness (QED) is 0.722. The molecule has 2 aromatic rings. The van der Waals surface area contributed by atoms with Crippen LogP contribution in [0.4, 0.5) is 5.69 Å². The third kappa shape index (κ3) is 6.44. The second kappa shape index (κ2) is 9.21. The molecule has 2 rings (SSSR count). The van der Waals surface area contributed by atoms with Gasteiger partial charge in [-0.25, -0.2) is 0 Å². The lowest BCUT2D eigenvalue weighted by atomic mass is 9.87. The largest absolute Gasteiger partial charge is 0.494 e. The first kappa shape index (κ1) is 20.5. The van der Waals surface area contributed by atoms with E-state index < -0.39 is 0 Å². The molecule has 0 spiro atoms. The number of nitrogens with one attached hydrogen (secondary N) is 2. The van der Waals surface area contributed by atoms with E-state index >= 15 is 0 Å². The molecule has 2 aromatic carbocycles. The molecule has 0 aliphatic carbocycles. The highest BCUT2D eigenvalue weighted by molar-refractivity contribution is 5.97. The van der Waals surface area contributed by atoms with Crippen LogP contribution in [0.3, 0.4) is 0 Å². The molecule has 0 aliphatic heterocycles. The van der Waals surface area contributed by atoms with Crippen molar-refractivity contribution in [2.24, 2.45) is 0 Å². The monoisotopic (exact) mass is 368 g/mol. The normalized spacial score (nSPS) is 11.0. The Bertz CT molecular complexity index is 777. The maximum Gasteiger partial charge on any atom is 0.251 e. The number of amides is 2. The van der Waals surface area contributed by atoms with Gasteiger partial charge < -0.3 is 15.4 Å². The maximum atomic E-state index is 12.1. The third-order valence-electron chi connectivity index (χ3n) is 4.17. The van der Waals surface area contributed by atoms with E-state index in [0.717, 1.165) is 5.75 Å². The van der Waals surface area contributed by atoms with E-state index in [1.165, 1.54) is 5.56 Å². The summed E-state index contributed by atoms with van der Waals surface area (Å²) in [5, 5.41) is 5.37. The van der Waals surface area contributed by atoms with Crippen LogP contribution >= 0.6 is 0 Å². The topological polar surface area (TPSA) is 67.4 Å². The van der Waals surface area contributed by atoms with Crippen molar-refractivity contribution in [3.63, 3.8) is 0 Å². The van der Waals surface area contributed by atoms with Crippen molar-refractivity contribution in [3.8, 4) is 5.75 Å². The SMILES string of the molecule is CNC(=O)c1cccc(NC(=O)CCCOc2ccc(C(C)(C)C)cc2)c1. The molecular weight excluding hydrogens is 340 g/mol. The number of carbonyl (C=O) groups excluding carboxylic acids is 2. The predicted octanol–water partition coefficient (Wildman–Crippen LogP) is 4.14. The molecule has 0 fully saturated rings. The first-order valence-corrected chi connectivity index (χ1v) is 9.15. The highest BCUT2D eigenvalue weighted by atomic mass is 16.5. The minimum Gasteiger partial charge on any atom is -0.494 e. The molecule has 144 valence electrons. The van der Waals surface area contributed by atoms with Crippen molar-refractivity contribution in [1.82, 2.24) is 5.32 Å². The number of rotatable bonds is 7. The zero-order valence-corrected chi connectivity index (χ0v) is 16.5. The van der Waals surface area contributed by atoms with E-state index in [1.54, 1.807) is 31.3 Å². The Kier molecular flexibility index (Phi) is 6.99. The van der Waals surface area contributed by atoms with Crippen LogP contribution in [-0.4, -0.2) is 25.5 Å². The van der Waals surface area contributed by atoms with Gasteiger partial charge in [-0.15, -0.1) is 0 Å². The highest BCUT2D eigenvalue weighted by Gasteiger charge is 2.13. The minimum atomic E-state index is -0.183. The van der Waals surface area contributed by atoms with Gasteiger partial charge in [0.2, 0.25) is 5.91 Å². The van der Waals surface area contributed by atoms with Crippen LogP contribution in [-0.2, 0) is 10.2 Å². The minimum absolute atomic E-state index is 0.101. The molecular formula is C22H28N2O3. The van der Waals surface area contributed by atoms with Crippen molar-refractivity contribution in [1.29, 1.82) is 0 Å². The zero-order chi connectivity index (χ0) is 19.9. The van der Waals surface area contributed by atoms with Gasteiger partial charge in [-0.1, -0.05) is 39.0 Å². The van der Waals surface area contributed by atoms with Crippen molar-refractivity contribution in [3.05, 3.63) is 59.7 Å².